The molecule has 0 saturated carbocycles. The number of aromatic nitrogens is 1. The quantitative estimate of drug-likeness (QED) is 0.761. The number of hydrogen-bond acceptors (Lipinski definition) is 5. The molecule has 0 bridgehead atoms. The number of pyridine rings is 1. The van der Waals surface area contributed by atoms with Gasteiger partial charge in [-0.3, -0.25) is 0 Å². The van der Waals surface area contributed by atoms with E-state index >= 15 is 0 Å². The van der Waals surface area contributed by atoms with Crippen molar-refractivity contribution in [1.82, 2.24) is 4.98 Å². The third kappa shape index (κ3) is 3.65. The fourth-order valence-electron chi connectivity index (χ4n) is 2.38. The van der Waals surface area contributed by atoms with Crippen molar-refractivity contribution >= 4 is 15.7 Å². The van der Waals surface area contributed by atoms with Gasteiger partial charge in [0.05, 0.1) is 29.2 Å². The highest BCUT2D eigenvalue weighted by Gasteiger charge is 2.10. The summed E-state index contributed by atoms with van der Waals surface area (Å²) in [5.41, 5.74) is 2.68. The van der Waals surface area contributed by atoms with E-state index in [4.69, 9.17) is 4.42 Å². The van der Waals surface area contributed by atoms with E-state index in [-0.39, 0.29) is 6.04 Å². The largest absolute Gasteiger partial charge is 0.472 e. The average Bonchev–Trinajstić information content (AvgIpc) is 3.09. The van der Waals surface area contributed by atoms with Gasteiger partial charge >= 0.3 is 0 Å². The van der Waals surface area contributed by atoms with Gasteiger partial charge in [0.2, 0.25) is 0 Å². The first-order valence-electron chi connectivity index (χ1n) is 7.50. The fourth-order valence-corrected chi connectivity index (χ4v) is 3.01. The van der Waals surface area contributed by atoms with Gasteiger partial charge in [-0.05, 0) is 37.3 Å². The first kappa shape index (κ1) is 16.3. The summed E-state index contributed by atoms with van der Waals surface area (Å²) < 4.78 is 28.2. The Morgan fingerprint density at radius 3 is 2.46 bits per heavy atom. The van der Waals surface area contributed by atoms with E-state index in [9.17, 15) is 8.42 Å². The summed E-state index contributed by atoms with van der Waals surface area (Å²) in [5.74, 6) is 0.744. The van der Waals surface area contributed by atoms with Crippen LogP contribution in [0, 0.1) is 0 Å². The maximum absolute atomic E-state index is 11.5. The van der Waals surface area contributed by atoms with Gasteiger partial charge in [0.15, 0.2) is 9.84 Å². The van der Waals surface area contributed by atoms with E-state index in [1.807, 2.05) is 31.2 Å². The Hall–Kier alpha value is -2.60. The molecule has 3 rings (SSSR count). The van der Waals surface area contributed by atoms with Gasteiger partial charge in [0, 0.05) is 17.4 Å². The summed E-state index contributed by atoms with van der Waals surface area (Å²) >= 11 is 0. The van der Waals surface area contributed by atoms with Crippen molar-refractivity contribution in [3.8, 4) is 11.3 Å². The molecule has 1 aromatic carbocycles. The van der Waals surface area contributed by atoms with Crippen LogP contribution in [0.4, 0.5) is 5.82 Å². The zero-order chi connectivity index (χ0) is 17.2. The molecule has 0 spiro atoms. The fraction of sp³-hybridized carbons (Fsp3) is 0.167. The highest BCUT2D eigenvalue weighted by Crippen LogP contribution is 2.23. The van der Waals surface area contributed by atoms with E-state index < -0.39 is 9.84 Å². The lowest BCUT2D eigenvalue weighted by molar-refractivity contribution is 0.562. The Bertz CT molecular complexity index is 917. The van der Waals surface area contributed by atoms with Crippen molar-refractivity contribution in [2.24, 2.45) is 0 Å². The van der Waals surface area contributed by atoms with Crippen LogP contribution in [-0.4, -0.2) is 19.7 Å². The van der Waals surface area contributed by atoms with Gasteiger partial charge in [0.1, 0.15) is 5.82 Å². The average molecular weight is 342 g/mol. The molecule has 2 aromatic heterocycles. The van der Waals surface area contributed by atoms with E-state index in [1.54, 1.807) is 36.8 Å². The van der Waals surface area contributed by atoms with E-state index in [2.05, 4.69) is 10.3 Å². The van der Waals surface area contributed by atoms with Crippen LogP contribution < -0.4 is 5.32 Å². The lowest BCUT2D eigenvalue weighted by Gasteiger charge is -2.13. The molecular weight excluding hydrogens is 324 g/mol. The minimum Gasteiger partial charge on any atom is -0.472 e. The normalized spacial score (nSPS) is 12.8. The Morgan fingerprint density at radius 1 is 1.08 bits per heavy atom. The minimum atomic E-state index is -3.19. The number of furan rings is 1. The smallest absolute Gasteiger partial charge is 0.175 e. The van der Waals surface area contributed by atoms with Crippen molar-refractivity contribution in [3.05, 3.63) is 66.6 Å². The summed E-state index contributed by atoms with van der Waals surface area (Å²) in [7, 11) is -3.19. The molecule has 3 aromatic rings. The van der Waals surface area contributed by atoms with Crippen molar-refractivity contribution in [3.63, 3.8) is 0 Å². The van der Waals surface area contributed by atoms with Crippen LogP contribution >= 0.6 is 0 Å². The molecule has 0 unspecified atom stereocenters. The Morgan fingerprint density at radius 2 is 1.83 bits per heavy atom. The third-order valence-electron chi connectivity index (χ3n) is 3.73. The molecule has 1 N–H and O–H groups in total. The molecule has 124 valence electrons. The molecule has 0 amide bonds. The molecule has 5 nitrogen and oxygen atoms in total. The van der Waals surface area contributed by atoms with Crippen molar-refractivity contribution in [2.45, 2.75) is 17.9 Å². The Balaban J connectivity index is 1.82. The van der Waals surface area contributed by atoms with E-state index in [0.29, 0.717) is 4.90 Å². The zero-order valence-corrected chi connectivity index (χ0v) is 14.2. The number of nitrogens with zero attached hydrogens (tertiary/aromatic N) is 1. The molecular formula is C18H18N2O3S. The first-order chi connectivity index (χ1) is 11.4. The summed E-state index contributed by atoms with van der Waals surface area (Å²) in [6, 6.07) is 14.4. The minimum absolute atomic E-state index is 0.0686. The van der Waals surface area contributed by atoms with E-state index in [0.717, 1.165) is 22.6 Å². The summed E-state index contributed by atoms with van der Waals surface area (Å²) in [6.07, 6.45) is 4.54. The van der Waals surface area contributed by atoms with Crippen LogP contribution in [0.2, 0.25) is 0 Å². The maximum atomic E-state index is 11.5. The van der Waals surface area contributed by atoms with Crippen LogP contribution in [0.15, 0.2) is 70.4 Å². The van der Waals surface area contributed by atoms with Crippen LogP contribution in [0.5, 0.6) is 0 Å². The van der Waals surface area contributed by atoms with Gasteiger partial charge in [0.25, 0.3) is 0 Å². The maximum Gasteiger partial charge on any atom is 0.175 e. The van der Waals surface area contributed by atoms with Gasteiger partial charge in [-0.1, -0.05) is 18.2 Å². The van der Waals surface area contributed by atoms with Crippen molar-refractivity contribution in [2.75, 3.05) is 11.6 Å². The molecule has 0 fully saturated rings. The summed E-state index contributed by atoms with van der Waals surface area (Å²) in [4.78, 5) is 4.89. The topological polar surface area (TPSA) is 72.2 Å². The first-order valence-corrected chi connectivity index (χ1v) is 9.39. The second-order valence-corrected chi connectivity index (χ2v) is 7.64. The van der Waals surface area contributed by atoms with Gasteiger partial charge < -0.3 is 9.73 Å². The summed E-state index contributed by atoms with van der Waals surface area (Å²) in [5, 5.41) is 3.32. The van der Waals surface area contributed by atoms with Crippen molar-refractivity contribution in [1.29, 1.82) is 0 Å². The van der Waals surface area contributed by atoms with Gasteiger partial charge in [-0.15, -0.1) is 0 Å². The Kier molecular flexibility index (Phi) is 4.40. The number of nitrogens with one attached hydrogen (secondary N) is 1. The molecule has 1 atom stereocenters. The molecule has 0 aliphatic rings. The molecule has 0 radical (unpaired) electrons. The standard InChI is InChI=1S/C18H18N2O3S/c1-13(15-10-11-23-12-15)19-18-5-3-4-17(20-18)14-6-8-16(9-7-14)24(2,21)22/h3-13H,1-2H3,(H,19,20)/t13-/m1/s1. The SMILES string of the molecule is C[C@@H](Nc1cccc(-c2ccc(S(C)(=O)=O)cc2)n1)c1ccoc1. The summed E-state index contributed by atoms with van der Waals surface area (Å²) in [6.45, 7) is 2.03. The Labute approximate surface area is 141 Å². The molecule has 2 heterocycles. The molecule has 0 saturated heterocycles. The lowest BCUT2D eigenvalue weighted by Crippen LogP contribution is -2.07. The predicted octanol–water partition coefficient (Wildman–Crippen LogP) is 3.92. The number of sulfone groups is 1. The second kappa shape index (κ2) is 6.49. The molecule has 6 heteroatoms. The second-order valence-electron chi connectivity index (χ2n) is 5.63. The predicted molar refractivity (Wildman–Crippen MR) is 93.5 cm³/mol. The van der Waals surface area contributed by atoms with Gasteiger partial charge in [-0.2, -0.15) is 0 Å². The number of benzene rings is 1. The highest BCUT2D eigenvalue weighted by molar-refractivity contribution is 7.90. The van der Waals surface area contributed by atoms with Crippen LogP contribution in [0.1, 0.15) is 18.5 Å². The monoisotopic (exact) mass is 342 g/mol. The van der Waals surface area contributed by atoms with Crippen LogP contribution in [0.25, 0.3) is 11.3 Å². The van der Waals surface area contributed by atoms with E-state index in [1.165, 1.54) is 6.26 Å². The number of anilines is 1. The molecule has 0 aliphatic carbocycles. The molecule has 24 heavy (non-hydrogen) atoms. The highest BCUT2D eigenvalue weighted by atomic mass is 32.2. The zero-order valence-electron chi connectivity index (χ0n) is 13.4. The third-order valence-corrected chi connectivity index (χ3v) is 4.86. The van der Waals surface area contributed by atoms with Crippen LogP contribution in [-0.2, 0) is 9.84 Å². The van der Waals surface area contributed by atoms with Crippen molar-refractivity contribution < 1.29 is 12.8 Å². The molecule has 0 aliphatic heterocycles. The lowest BCUT2D eigenvalue weighted by atomic mass is 10.1. The van der Waals surface area contributed by atoms with Gasteiger partial charge in [-0.25, -0.2) is 13.4 Å². The number of rotatable bonds is 5. The van der Waals surface area contributed by atoms with Crippen LogP contribution in [0.3, 0.4) is 0 Å². The number of hydrogen-bond donors (Lipinski definition) is 1.